The van der Waals surface area contributed by atoms with Crippen LogP contribution in [0, 0.1) is 0 Å². The standard InChI is InChI=1S/C19H26N4O2/c20-19(22-14-8-2-1-3-9-14)21-12-6-7-13-23-17(24)15-10-4-5-11-16(15)18(23)25/h4-5,10-11,14H,1-3,6-9,12-13H2,(H3,20,21,22). The van der Waals surface area contributed by atoms with Crippen LogP contribution >= 0.6 is 0 Å². The van der Waals surface area contributed by atoms with E-state index in [0.29, 0.717) is 36.2 Å². The summed E-state index contributed by atoms with van der Waals surface area (Å²) in [5, 5.41) is 3.29. The Labute approximate surface area is 148 Å². The maximum atomic E-state index is 12.2. The number of nitrogens with one attached hydrogen (secondary N) is 1. The SMILES string of the molecule is NC(=NCCCCN1C(=O)c2ccccc2C1=O)NC1CCCCC1. The molecule has 25 heavy (non-hydrogen) atoms. The second-order valence-corrected chi connectivity index (χ2v) is 6.76. The van der Waals surface area contributed by atoms with Crippen molar-refractivity contribution >= 4 is 17.8 Å². The molecule has 134 valence electrons. The lowest BCUT2D eigenvalue weighted by Gasteiger charge is -2.23. The molecule has 1 aromatic rings. The van der Waals surface area contributed by atoms with Crippen LogP contribution in [0.5, 0.6) is 0 Å². The number of imide groups is 1. The van der Waals surface area contributed by atoms with E-state index in [4.69, 9.17) is 5.73 Å². The van der Waals surface area contributed by atoms with Crippen molar-refractivity contribution in [3.63, 3.8) is 0 Å². The van der Waals surface area contributed by atoms with Gasteiger partial charge in [-0.25, -0.2) is 0 Å². The fourth-order valence-electron chi connectivity index (χ4n) is 3.53. The summed E-state index contributed by atoms with van der Waals surface area (Å²) in [6, 6.07) is 7.43. The minimum Gasteiger partial charge on any atom is -0.370 e. The summed E-state index contributed by atoms with van der Waals surface area (Å²) in [6.07, 6.45) is 7.67. The number of nitrogens with zero attached hydrogens (tertiary/aromatic N) is 2. The van der Waals surface area contributed by atoms with E-state index in [2.05, 4.69) is 10.3 Å². The quantitative estimate of drug-likeness (QED) is 0.359. The highest BCUT2D eigenvalue weighted by Crippen LogP contribution is 2.22. The van der Waals surface area contributed by atoms with Crippen molar-refractivity contribution in [1.29, 1.82) is 0 Å². The average molecular weight is 342 g/mol. The van der Waals surface area contributed by atoms with Crippen molar-refractivity contribution < 1.29 is 9.59 Å². The zero-order valence-corrected chi connectivity index (χ0v) is 14.5. The molecule has 2 aliphatic rings. The highest BCUT2D eigenvalue weighted by atomic mass is 16.2. The molecule has 3 N–H and O–H groups in total. The van der Waals surface area contributed by atoms with Crippen LogP contribution in [0.2, 0.25) is 0 Å². The molecule has 6 heteroatoms. The number of hydrogen-bond acceptors (Lipinski definition) is 3. The first-order valence-corrected chi connectivity index (χ1v) is 9.18. The number of carbonyl (C=O) groups excluding carboxylic acids is 2. The van der Waals surface area contributed by atoms with Gasteiger partial charge in [-0.05, 0) is 37.8 Å². The molecule has 0 spiro atoms. The number of rotatable bonds is 6. The minimum atomic E-state index is -0.192. The van der Waals surface area contributed by atoms with Gasteiger partial charge in [-0.2, -0.15) is 0 Å². The zero-order valence-electron chi connectivity index (χ0n) is 14.5. The second kappa shape index (κ2) is 8.14. The Morgan fingerprint density at radius 2 is 1.72 bits per heavy atom. The van der Waals surface area contributed by atoms with Crippen molar-refractivity contribution in [3.8, 4) is 0 Å². The van der Waals surface area contributed by atoms with E-state index in [-0.39, 0.29) is 11.8 Å². The number of guanidine groups is 1. The summed E-state index contributed by atoms with van der Waals surface area (Å²) in [5.41, 5.74) is 6.94. The minimum absolute atomic E-state index is 0.192. The van der Waals surface area contributed by atoms with Crippen molar-refractivity contribution in [1.82, 2.24) is 10.2 Å². The maximum Gasteiger partial charge on any atom is 0.261 e. The van der Waals surface area contributed by atoms with Crippen molar-refractivity contribution in [2.45, 2.75) is 51.0 Å². The summed E-state index contributed by atoms with van der Waals surface area (Å²) in [5.74, 6) is 0.123. The molecule has 1 heterocycles. The number of hydrogen-bond donors (Lipinski definition) is 2. The molecule has 0 aromatic heterocycles. The highest BCUT2D eigenvalue weighted by Gasteiger charge is 2.34. The number of amides is 2. The number of nitrogens with two attached hydrogens (primary N) is 1. The van der Waals surface area contributed by atoms with Gasteiger partial charge in [-0.1, -0.05) is 31.4 Å². The number of unbranched alkanes of at least 4 members (excludes halogenated alkanes) is 1. The number of carbonyl (C=O) groups is 2. The normalized spacial score (nSPS) is 18.6. The Bertz CT molecular complexity index is 630. The number of fused-ring (bicyclic) bond motifs is 1. The molecule has 1 aromatic carbocycles. The predicted octanol–water partition coefficient (Wildman–Crippen LogP) is 2.30. The third kappa shape index (κ3) is 4.18. The molecule has 6 nitrogen and oxygen atoms in total. The van der Waals surface area contributed by atoms with Crippen LogP contribution in [0.1, 0.15) is 65.7 Å². The highest BCUT2D eigenvalue weighted by molar-refractivity contribution is 6.21. The van der Waals surface area contributed by atoms with Crippen LogP contribution in [0.15, 0.2) is 29.3 Å². The molecule has 0 atom stereocenters. The molecule has 0 radical (unpaired) electrons. The Morgan fingerprint density at radius 1 is 1.08 bits per heavy atom. The first-order valence-electron chi connectivity index (χ1n) is 9.18. The van der Waals surface area contributed by atoms with Gasteiger partial charge in [0.05, 0.1) is 11.1 Å². The van der Waals surface area contributed by atoms with Crippen LogP contribution in [-0.2, 0) is 0 Å². The zero-order chi connectivity index (χ0) is 17.6. The third-order valence-corrected chi connectivity index (χ3v) is 4.91. The molecular formula is C19H26N4O2. The molecule has 1 aliphatic carbocycles. The topological polar surface area (TPSA) is 87.8 Å². The maximum absolute atomic E-state index is 12.2. The lowest BCUT2D eigenvalue weighted by atomic mass is 9.96. The monoisotopic (exact) mass is 342 g/mol. The molecule has 1 fully saturated rings. The first-order chi connectivity index (χ1) is 12.2. The summed E-state index contributed by atoms with van der Waals surface area (Å²) in [6.45, 7) is 1.03. The summed E-state index contributed by atoms with van der Waals surface area (Å²) in [4.78, 5) is 30.2. The van der Waals surface area contributed by atoms with Gasteiger partial charge in [-0.3, -0.25) is 19.5 Å². The van der Waals surface area contributed by atoms with Crippen LogP contribution < -0.4 is 11.1 Å². The van der Waals surface area contributed by atoms with E-state index >= 15 is 0 Å². The van der Waals surface area contributed by atoms with Gasteiger partial charge in [0.2, 0.25) is 0 Å². The van der Waals surface area contributed by atoms with E-state index in [1.807, 2.05) is 0 Å². The van der Waals surface area contributed by atoms with Crippen molar-refractivity contribution in [2.75, 3.05) is 13.1 Å². The van der Waals surface area contributed by atoms with Gasteiger partial charge in [0.1, 0.15) is 0 Å². The molecule has 3 rings (SSSR count). The lowest BCUT2D eigenvalue weighted by Crippen LogP contribution is -2.41. The molecule has 1 saturated carbocycles. The Kier molecular flexibility index (Phi) is 5.68. The molecule has 0 saturated heterocycles. The van der Waals surface area contributed by atoms with Crippen LogP contribution in [0.3, 0.4) is 0 Å². The van der Waals surface area contributed by atoms with Gasteiger partial charge in [-0.15, -0.1) is 0 Å². The van der Waals surface area contributed by atoms with Crippen molar-refractivity contribution in [3.05, 3.63) is 35.4 Å². The Morgan fingerprint density at radius 3 is 2.36 bits per heavy atom. The predicted molar refractivity (Wildman–Crippen MR) is 97.5 cm³/mol. The first kappa shape index (κ1) is 17.5. The molecule has 0 unspecified atom stereocenters. The Balaban J connectivity index is 1.39. The molecular weight excluding hydrogens is 316 g/mol. The average Bonchev–Trinajstić information content (AvgIpc) is 2.87. The van der Waals surface area contributed by atoms with Crippen molar-refractivity contribution in [2.24, 2.45) is 10.7 Å². The van der Waals surface area contributed by atoms with E-state index in [1.165, 1.54) is 24.2 Å². The molecule has 1 aliphatic heterocycles. The molecule has 2 amide bonds. The molecule has 0 bridgehead atoms. The summed E-state index contributed by atoms with van der Waals surface area (Å²) in [7, 11) is 0. The second-order valence-electron chi connectivity index (χ2n) is 6.76. The summed E-state index contributed by atoms with van der Waals surface area (Å²) < 4.78 is 0. The number of benzene rings is 1. The smallest absolute Gasteiger partial charge is 0.261 e. The fourth-order valence-corrected chi connectivity index (χ4v) is 3.53. The largest absolute Gasteiger partial charge is 0.370 e. The van der Waals surface area contributed by atoms with E-state index in [0.717, 1.165) is 25.7 Å². The fraction of sp³-hybridized carbons (Fsp3) is 0.526. The van der Waals surface area contributed by atoms with E-state index in [9.17, 15) is 9.59 Å². The lowest BCUT2D eigenvalue weighted by molar-refractivity contribution is 0.0652. The third-order valence-electron chi connectivity index (χ3n) is 4.91. The van der Waals surface area contributed by atoms with Crippen LogP contribution in [-0.4, -0.2) is 41.8 Å². The van der Waals surface area contributed by atoms with Crippen LogP contribution in [0.25, 0.3) is 0 Å². The van der Waals surface area contributed by atoms with Gasteiger partial charge in [0, 0.05) is 19.1 Å². The van der Waals surface area contributed by atoms with E-state index < -0.39 is 0 Å². The van der Waals surface area contributed by atoms with Gasteiger partial charge < -0.3 is 11.1 Å². The van der Waals surface area contributed by atoms with Gasteiger partial charge in [0.25, 0.3) is 11.8 Å². The Hall–Kier alpha value is -2.37. The number of aliphatic imine (C=N–C) groups is 1. The van der Waals surface area contributed by atoms with Gasteiger partial charge >= 0.3 is 0 Å². The van der Waals surface area contributed by atoms with Crippen LogP contribution in [0.4, 0.5) is 0 Å². The van der Waals surface area contributed by atoms with E-state index in [1.54, 1.807) is 24.3 Å². The van der Waals surface area contributed by atoms with Gasteiger partial charge in [0.15, 0.2) is 5.96 Å². The summed E-state index contributed by atoms with van der Waals surface area (Å²) >= 11 is 0.